The molecule has 1 saturated heterocycles. The second-order valence-corrected chi connectivity index (χ2v) is 8.84. The maximum absolute atomic E-state index is 14.4. The Balaban J connectivity index is 0.000000376. The summed E-state index contributed by atoms with van der Waals surface area (Å²) in [6.45, 7) is 9.41. The van der Waals surface area contributed by atoms with Gasteiger partial charge in [-0.2, -0.15) is 0 Å². The second kappa shape index (κ2) is 8.10. The van der Waals surface area contributed by atoms with E-state index in [1.807, 2.05) is 20.1 Å². The molecule has 3 nitrogen and oxygen atoms in total. The number of allylic oxidation sites excluding steroid dienone is 1. The van der Waals surface area contributed by atoms with Crippen molar-refractivity contribution in [1.82, 2.24) is 0 Å². The fraction of sp³-hybridized carbons (Fsp3) is 0.619. The average Bonchev–Trinajstić information content (AvgIpc) is 2.66. The van der Waals surface area contributed by atoms with Crippen molar-refractivity contribution in [3.05, 3.63) is 40.8 Å². The predicted octanol–water partition coefficient (Wildman–Crippen LogP) is 5.43. The Morgan fingerprint density at radius 1 is 1.19 bits per heavy atom. The van der Waals surface area contributed by atoms with Crippen LogP contribution in [0.15, 0.2) is 23.6 Å². The highest BCUT2D eigenvalue weighted by atomic mass is 32.2. The van der Waals surface area contributed by atoms with Crippen LogP contribution in [0.4, 0.5) is 8.78 Å². The molecular weight excluding hydrogens is 370 g/mol. The van der Waals surface area contributed by atoms with Gasteiger partial charge in [0.2, 0.25) is 0 Å². The third kappa shape index (κ3) is 4.03. The SMILES string of the molecule is C=C(C)SC.CC12CCC3(CC1COc1c(F)ccc(F)c12)OCCCO3. The first-order valence-corrected chi connectivity index (χ1v) is 10.6. The minimum absolute atomic E-state index is 0.0585. The lowest BCUT2D eigenvalue weighted by Gasteiger charge is -2.52. The van der Waals surface area contributed by atoms with Crippen LogP contribution >= 0.6 is 11.8 Å². The molecule has 0 aromatic heterocycles. The Kier molecular flexibility index (Phi) is 6.18. The van der Waals surface area contributed by atoms with Crippen molar-refractivity contribution in [3.8, 4) is 5.75 Å². The van der Waals surface area contributed by atoms with Gasteiger partial charge in [0.15, 0.2) is 17.4 Å². The molecule has 1 aromatic carbocycles. The van der Waals surface area contributed by atoms with Gasteiger partial charge in [-0.05, 0) is 43.1 Å². The van der Waals surface area contributed by atoms with Gasteiger partial charge in [-0.25, -0.2) is 8.78 Å². The van der Waals surface area contributed by atoms with E-state index in [0.29, 0.717) is 44.6 Å². The molecule has 6 heteroatoms. The van der Waals surface area contributed by atoms with Crippen LogP contribution in [0.5, 0.6) is 5.75 Å². The van der Waals surface area contributed by atoms with E-state index in [-0.39, 0.29) is 17.5 Å². The molecule has 150 valence electrons. The van der Waals surface area contributed by atoms with Gasteiger partial charge in [-0.1, -0.05) is 13.5 Å². The minimum Gasteiger partial charge on any atom is -0.490 e. The van der Waals surface area contributed by atoms with Crippen LogP contribution in [0, 0.1) is 17.6 Å². The standard InChI is InChI=1S/C17H20F2O3.C4H8S/c1-16-5-6-17(21-7-2-8-22-17)9-11(16)10-20-15-13(19)4-3-12(18)14(15)16;1-4(2)5-3/h3-4,11H,2,5-10H2,1H3;1H2,2-3H3. The van der Waals surface area contributed by atoms with Gasteiger partial charge in [0, 0.05) is 29.7 Å². The first kappa shape index (κ1) is 20.6. The van der Waals surface area contributed by atoms with Crippen molar-refractivity contribution in [2.24, 2.45) is 5.92 Å². The summed E-state index contributed by atoms with van der Waals surface area (Å²) in [6.07, 6.45) is 4.99. The van der Waals surface area contributed by atoms with Crippen LogP contribution in [0.3, 0.4) is 0 Å². The van der Waals surface area contributed by atoms with Gasteiger partial charge in [0.1, 0.15) is 5.82 Å². The largest absolute Gasteiger partial charge is 0.490 e. The number of halogens is 2. The highest BCUT2D eigenvalue weighted by molar-refractivity contribution is 8.02. The molecule has 2 unspecified atom stereocenters. The number of hydrogen-bond donors (Lipinski definition) is 0. The lowest BCUT2D eigenvalue weighted by atomic mass is 9.61. The number of thioether (sulfide) groups is 1. The Morgan fingerprint density at radius 3 is 2.44 bits per heavy atom. The Labute approximate surface area is 164 Å². The molecule has 2 heterocycles. The molecule has 2 atom stereocenters. The normalized spacial score (nSPS) is 28.3. The first-order valence-electron chi connectivity index (χ1n) is 9.40. The van der Waals surface area contributed by atoms with E-state index in [4.69, 9.17) is 14.2 Å². The summed E-state index contributed by atoms with van der Waals surface area (Å²) in [4.78, 5) is 1.17. The van der Waals surface area contributed by atoms with Crippen molar-refractivity contribution in [1.29, 1.82) is 0 Å². The fourth-order valence-corrected chi connectivity index (χ4v) is 4.20. The number of rotatable bonds is 1. The first-order chi connectivity index (χ1) is 12.8. The third-order valence-electron chi connectivity index (χ3n) is 5.91. The van der Waals surface area contributed by atoms with Gasteiger partial charge in [0.25, 0.3) is 0 Å². The molecule has 1 aliphatic carbocycles. The molecule has 1 saturated carbocycles. The van der Waals surface area contributed by atoms with Crippen molar-refractivity contribution < 1.29 is 23.0 Å². The average molecular weight is 399 g/mol. The molecule has 4 rings (SSSR count). The summed E-state index contributed by atoms with van der Waals surface area (Å²) in [5.41, 5.74) is -0.0516. The highest BCUT2D eigenvalue weighted by Crippen LogP contribution is 2.54. The molecule has 0 bridgehead atoms. The van der Waals surface area contributed by atoms with Crippen LogP contribution in [-0.2, 0) is 14.9 Å². The van der Waals surface area contributed by atoms with Crippen LogP contribution in [0.1, 0.15) is 45.1 Å². The van der Waals surface area contributed by atoms with Crippen LogP contribution in [-0.4, -0.2) is 31.9 Å². The van der Waals surface area contributed by atoms with E-state index in [1.54, 1.807) is 11.8 Å². The quantitative estimate of drug-likeness (QED) is 0.630. The zero-order valence-electron chi connectivity index (χ0n) is 16.3. The molecule has 1 aromatic rings. The fourth-order valence-electron chi connectivity index (χ4n) is 4.20. The van der Waals surface area contributed by atoms with Crippen LogP contribution in [0.25, 0.3) is 0 Å². The van der Waals surface area contributed by atoms with E-state index in [2.05, 4.69) is 6.58 Å². The summed E-state index contributed by atoms with van der Waals surface area (Å²) in [5.74, 6) is -1.29. The zero-order chi connectivity index (χ0) is 19.7. The summed E-state index contributed by atoms with van der Waals surface area (Å²) in [6, 6.07) is 2.33. The van der Waals surface area contributed by atoms with E-state index >= 15 is 0 Å². The minimum atomic E-state index is -0.562. The maximum atomic E-state index is 14.4. The molecule has 0 N–H and O–H groups in total. The second-order valence-electron chi connectivity index (χ2n) is 7.73. The van der Waals surface area contributed by atoms with Crippen molar-refractivity contribution >= 4 is 11.8 Å². The molecule has 0 radical (unpaired) electrons. The maximum Gasteiger partial charge on any atom is 0.168 e. The van der Waals surface area contributed by atoms with Crippen molar-refractivity contribution in [2.75, 3.05) is 26.1 Å². The third-order valence-corrected chi connectivity index (χ3v) is 6.61. The summed E-state index contributed by atoms with van der Waals surface area (Å²) in [7, 11) is 0. The number of hydrogen-bond acceptors (Lipinski definition) is 4. The van der Waals surface area contributed by atoms with Gasteiger partial charge in [0.05, 0.1) is 19.8 Å². The van der Waals surface area contributed by atoms with Gasteiger partial charge < -0.3 is 14.2 Å². The summed E-state index contributed by atoms with van der Waals surface area (Å²) < 4.78 is 45.8. The lowest BCUT2D eigenvalue weighted by molar-refractivity contribution is -0.294. The Hall–Kier alpha value is -1.11. The Bertz CT molecular complexity index is 703. The molecule has 3 aliphatic rings. The van der Waals surface area contributed by atoms with E-state index in [9.17, 15) is 8.78 Å². The van der Waals surface area contributed by atoms with E-state index in [0.717, 1.165) is 12.5 Å². The van der Waals surface area contributed by atoms with Crippen LogP contribution in [0.2, 0.25) is 0 Å². The van der Waals surface area contributed by atoms with Gasteiger partial charge in [-0.15, -0.1) is 11.8 Å². The zero-order valence-corrected chi connectivity index (χ0v) is 17.1. The molecule has 0 amide bonds. The lowest BCUT2D eigenvalue weighted by Crippen LogP contribution is -2.54. The molecular formula is C21H28F2O3S. The van der Waals surface area contributed by atoms with Crippen LogP contribution < -0.4 is 4.74 Å². The number of ether oxygens (including phenoxy) is 3. The molecule has 2 aliphatic heterocycles. The van der Waals surface area contributed by atoms with Gasteiger partial charge in [-0.3, -0.25) is 0 Å². The monoisotopic (exact) mass is 398 g/mol. The van der Waals surface area contributed by atoms with Crippen molar-refractivity contribution in [2.45, 2.75) is 50.7 Å². The smallest absolute Gasteiger partial charge is 0.168 e. The predicted molar refractivity (Wildman–Crippen MR) is 104 cm³/mol. The van der Waals surface area contributed by atoms with E-state index < -0.39 is 17.0 Å². The van der Waals surface area contributed by atoms with Gasteiger partial charge >= 0.3 is 0 Å². The topological polar surface area (TPSA) is 27.7 Å². The molecule has 27 heavy (non-hydrogen) atoms. The molecule has 2 fully saturated rings. The molecule has 1 spiro atoms. The number of fused-ring (bicyclic) bond motifs is 3. The number of benzene rings is 1. The Morgan fingerprint density at radius 2 is 1.81 bits per heavy atom. The van der Waals surface area contributed by atoms with Crippen molar-refractivity contribution in [3.63, 3.8) is 0 Å². The highest BCUT2D eigenvalue weighted by Gasteiger charge is 2.54. The van der Waals surface area contributed by atoms with E-state index in [1.165, 1.54) is 11.0 Å². The summed E-state index contributed by atoms with van der Waals surface area (Å²) in [5, 5.41) is 0. The summed E-state index contributed by atoms with van der Waals surface area (Å²) >= 11 is 1.69.